The van der Waals surface area contributed by atoms with Gasteiger partial charge in [-0.2, -0.15) is 0 Å². The molecule has 1 heterocycles. The van der Waals surface area contributed by atoms with Gasteiger partial charge in [0.05, 0.1) is 16.3 Å². The fraction of sp³-hybridized carbons (Fsp3) is 0. The Kier molecular flexibility index (Phi) is 5.11. The lowest BCUT2D eigenvalue weighted by atomic mass is 10.0. The average molecular weight is 421 g/mol. The molecule has 5 rings (SSSR count). The first kappa shape index (κ1) is 19.3. The molecule has 0 amide bonds. The molecule has 0 aliphatic heterocycles. The van der Waals surface area contributed by atoms with E-state index in [9.17, 15) is 4.57 Å². The Morgan fingerprint density at radius 2 is 1.32 bits per heavy atom. The highest BCUT2D eigenvalue weighted by Crippen LogP contribution is 2.45. The van der Waals surface area contributed by atoms with Crippen molar-refractivity contribution in [3.05, 3.63) is 121 Å². The van der Waals surface area contributed by atoms with Crippen molar-refractivity contribution < 1.29 is 9.09 Å². The average Bonchev–Trinajstić information content (AvgIpc) is 2.85. The van der Waals surface area contributed by atoms with Crippen molar-refractivity contribution >= 4 is 28.8 Å². The van der Waals surface area contributed by atoms with E-state index < -0.39 is 7.37 Å². The van der Waals surface area contributed by atoms with Gasteiger partial charge in [0, 0.05) is 17.1 Å². The Bertz CT molecular complexity index is 1380. The first-order valence-electron chi connectivity index (χ1n) is 10.1. The lowest BCUT2D eigenvalue weighted by molar-refractivity contribution is 0.503. The summed E-state index contributed by atoms with van der Waals surface area (Å²) in [4.78, 5) is 4.63. The molecule has 0 saturated carbocycles. The number of hydrogen-bond acceptors (Lipinski definition) is 3. The lowest BCUT2D eigenvalue weighted by Crippen LogP contribution is -2.20. The Hall–Kier alpha value is -3.68. The summed E-state index contributed by atoms with van der Waals surface area (Å²) in [5.41, 5.74) is 1.77. The number of benzene rings is 4. The van der Waals surface area contributed by atoms with Gasteiger partial charge < -0.3 is 4.52 Å². The Labute approximate surface area is 181 Å². The number of pyridine rings is 1. The number of rotatable bonds is 5. The van der Waals surface area contributed by atoms with Crippen LogP contribution in [-0.4, -0.2) is 4.98 Å². The second kappa shape index (κ2) is 8.22. The molecule has 4 aromatic carbocycles. The summed E-state index contributed by atoms with van der Waals surface area (Å²) in [5.74, 6) is 0.573. The summed E-state index contributed by atoms with van der Waals surface area (Å²) in [5, 5.41) is 3.46. The van der Waals surface area contributed by atoms with Crippen LogP contribution in [0, 0.1) is 0 Å². The van der Waals surface area contributed by atoms with Crippen molar-refractivity contribution in [1.29, 1.82) is 0 Å². The van der Waals surface area contributed by atoms with E-state index in [2.05, 4.69) is 17.1 Å². The third kappa shape index (κ3) is 3.76. The number of aromatic nitrogens is 1. The van der Waals surface area contributed by atoms with Crippen molar-refractivity contribution in [2.75, 3.05) is 0 Å². The maximum Gasteiger partial charge on any atom is 0.306 e. The van der Waals surface area contributed by atoms with Crippen LogP contribution in [0.1, 0.15) is 0 Å². The maximum atomic E-state index is 14.4. The third-order valence-corrected chi connectivity index (χ3v) is 7.61. The molecule has 0 saturated heterocycles. The van der Waals surface area contributed by atoms with Gasteiger partial charge in [-0.15, -0.1) is 0 Å². The molecule has 1 aromatic heterocycles. The number of hydrogen-bond donors (Lipinski definition) is 0. The molecule has 0 bridgehead atoms. The summed E-state index contributed by atoms with van der Waals surface area (Å²) in [6.07, 6.45) is 1.81. The topological polar surface area (TPSA) is 39.2 Å². The Morgan fingerprint density at radius 3 is 2.13 bits per heavy atom. The molecule has 150 valence electrons. The zero-order valence-electron chi connectivity index (χ0n) is 16.8. The van der Waals surface area contributed by atoms with Crippen molar-refractivity contribution in [3.8, 4) is 17.0 Å². The van der Waals surface area contributed by atoms with Crippen molar-refractivity contribution in [3.63, 3.8) is 0 Å². The highest BCUT2D eigenvalue weighted by molar-refractivity contribution is 7.74. The van der Waals surface area contributed by atoms with Gasteiger partial charge in [0.25, 0.3) is 0 Å². The third-order valence-electron chi connectivity index (χ3n) is 5.21. The van der Waals surface area contributed by atoms with E-state index in [4.69, 9.17) is 4.52 Å². The van der Waals surface area contributed by atoms with Crippen LogP contribution in [0.15, 0.2) is 121 Å². The van der Waals surface area contributed by atoms with E-state index in [0.717, 1.165) is 22.0 Å². The standard InChI is InChI=1S/C27H20NO2P/c29-31(24-14-5-2-6-15-24,30-23-12-3-1-4-13-23)25-16-9-11-22(20-25)27-26-17-8-7-10-21(26)18-19-28-27/h1-20H. The van der Waals surface area contributed by atoms with Gasteiger partial charge >= 0.3 is 7.37 Å². The predicted octanol–water partition coefficient (Wildman–Crippen LogP) is 6.21. The Morgan fingerprint density at radius 1 is 0.645 bits per heavy atom. The minimum absolute atomic E-state index is 0.573. The van der Waals surface area contributed by atoms with Crippen LogP contribution in [0.2, 0.25) is 0 Å². The van der Waals surface area contributed by atoms with Gasteiger partial charge in [0.2, 0.25) is 0 Å². The van der Waals surface area contributed by atoms with Crippen LogP contribution in [0.3, 0.4) is 0 Å². The first-order valence-corrected chi connectivity index (χ1v) is 11.7. The predicted molar refractivity (Wildman–Crippen MR) is 128 cm³/mol. The fourth-order valence-corrected chi connectivity index (χ4v) is 5.78. The van der Waals surface area contributed by atoms with E-state index in [1.165, 1.54) is 0 Å². The lowest BCUT2D eigenvalue weighted by Gasteiger charge is -2.21. The van der Waals surface area contributed by atoms with Crippen LogP contribution < -0.4 is 15.1 Å². The van der Waals surface area contributed by atoms with Gasteiger partial charge in [-0.1, -0.05) is 72.8 Å². The molecular weight excluding hydrogens is 401 g/mol. The monoisotopic (exact) mass is 421 g/mol. The summed E-state index contributed by atoms with van der Waals surface area (Å²) in [7, 11) is -3.38. The highest BCUT2D eigenvalue weighted by Gasteiger charge is 2.30. The maximum absolute atomic E-state index is 14.4. The molecular formula is C27H20NO2P. The molecule has 0 N–H and O–H groups in total. The van der Waals surface area contributed by atoms with Gasteiger partial charge in [-0.3, -0.25) is 9.55 Å². The first-order chi connectivity index (χ1) is 15.2. The molecule has 0 spiro atoms. The van der Waals surface area contributed by atoms with Crippen molar-refractivity contribution in [1.82, 2.24) is 4.98 Å². The van der Waals surface area contributed by atoms with E-state index in [-0.39, 0.29) is 0 Å². The smallest absolute Gasteiger partial charge is 0.306 e. The summed E-state index contributed by atoms with van der Waals surface area (Å²) in [6.45, 7) is 0. The fourth-order valence-electron chi connectivity index (χ4n) is 3.69. The van der Waals surface area contributed by atoms with Gasteiger partial charge in [0.15, 0.2) is 0 Å². The summed E-state index contributed by atoms with van der Waals surface area (Å²) < 4.78 is 20.6. The second-order valence-corrected chi connectivity index (χ2v) is 9.54. The number of nitrogens with zero attached hydrogens (tertiary/aromatic N) is 1. The molecule has 1 unspecified atom stereocenters. The minimum atomic E-state index is -3.38. The zero-order valence-corrected chi connectivity index (χ0v) is 17.7. The van der Waals surface area contributed by atoms with Crippen molar-refractivity contribution in [2.45, 2.75) is 0 Å². The minimum Gasteiger partial charge on any atom is -0.437 e. The molecule has 31 heavy (non-hydrogen) atoms. The van der Waals surface area contributed by atoms with Gasteiger partial charge in [0.1, 0.15) is 5.75 Å². The van der Waals surface area contributed by atoms with Gasteiger partial charge in [-0.25, -0.2) is 0 Å². The quantitative estimate of drug-likeness (QED) is 0.317. The number of para-hydroxylation sites is 1. The molecule has 5 aromatic rings. The van der Waals surface area contributed by atoms with E-state index in [0.29, 0.717) is 16.4 Å². The molecule has 0 aliphatic carbocycles. The van der Waals surface area contributed by atoms with E-state index in [1.54, 1.807) is 0 Å². The Balaban J connectivity index is 1.67. The van der Waals surface area contributed by atoms with Crippen LogP contribution in [-0.2, 0) is 4.57 Å². The summed E-state index contributed by atoms with van der Waals surface area (Å²) in [6, 6.07) is 36.5. The second-order valence-electron chi connectivity index (χ2n) is 7.22. The van der Waals surface area contributed by atoms with Crippen molar-refractivity contribution in [2.24, 2.45) is 0 Å². The normalized spacial score (nSPS) is 12.9. The van der Waals surface area contributed by atoms with Crippen LogP contribution >= 0.6 is 7.37 Å². The van der Waals surface area contributed by atoms with Crippen LogP contribution in [0.4, 0.5) is 0 Å². The zero-order chi connectivity index (χ0) is 21.1. The van der Waals surface area contributed by atoms with Crippen LogP contribution in [0.5, 0.6) is 5.75 Å². The van der Waals surface area contributed by atoms with E-state index >= 15 is 0 Å². The molecule has 0 fully saturated rings. The highest BCUT2D eigenvalue weighted by atomic mass is 31.2. The SMILES string of the molecule is O=P(Oc1ccccc1)(c1ccccc1)c1cccc(-c2nccc3ccccc23)c1. The van der Waals surface area contributed by atoms with E-state index in [1.807, 2.05) is 109 Å². The molecule has 0 radical (unpaired) electrons. The summed E-state index contributed by atoms with van der Waals surface area (Å²) >= 11 is 0. The molecule has 1 atom stereocenters. The molecule has 4 heteroatoms. The molecule has 3 nitrogen and oxygen atoms in total. The van der Waals surface area contributed by atoms with Gasteiger partial charge in [-0.05, 0) is 47.9 Å². The largest absolute Gasteiger partial charge is 0.437 e. The molecule has 0 aliphatic rings. The number of fused-ring (bicyclic) bond motifs is 1. The van der Waals surface area contributed by atoms with Crippen LogP contribution in [0.25, 0.3) is 22.0 Å².